The molecule has 0 saturated carbocycles. The summed E-state index contributed by atoms with van der Waals surface area (Å²) in [5.41, 5.74) is 12.8. The van der Waals surface area contributed by atoms with Gasteiger partial charge in [0.15, 0.2) is 23.0 Å². The number of aromatic hydroxyl groups is 4. The standard InChI is InChI=1S/C58H44N2O6S2/c61-35-37-11-15-39(16-12-37)41-19-27-47(28-20-41)59(45-7-3-1-4-8-45)49-31-23-43(24-32-49)55-51(63)53(65)57(67-55)58-54(66)52(64)56(68-58)44-25-33-50(34-26-44)60(46-9-5-2-6-10-46)48-29-21-42(22-30-48)40-17-13-38(36-62)14-18-40/h1-34,61-66H,35-36H2. The largest absolute Gasteiger partial charge is 0.503 e. The van der Waals surface area contributed by atoms with Crippen LogP contribution in [0.1, 0.15) is 11.1 Å². The smallest absolute Gasteiger partial charge is 0.178 e. The SMILES string of the molecule is OCc1ccc(-c2ccc(N(c3ccccc3)c3ccc(-c4sc(-c5sc(-c6ccc(N(c7ccccc7)c7ccc(-c8ccc(CO)cc8)cc7)cc6)c(O)c5O)c(O)c4O)cc3)cc2)cc1. The van der Waals surface area contributed by atoms with E-state index in [4.69, 9.17) is 0 Å². The van der Waals surface area contributed by atoms with Crippen LogP contribution in [0.15, 0.2) is 206 Å². The number of para-hydroxylation sites is 2. The topological polar surface area (TPSA) is 128 Å². The van der Waals surface area contributed by atoms with Crippen LogP contribution in [0.5, 0.6) is 23.0 Å². The molecule has 0 spiro atoms. The second-order valence-corrected chi connectivity index (χ2v) is 18.2. The van der Waals surface area contributed by atoms with Gasteiger partial charge in [-0.3, -0.25) is 0 Å². The molecule has 2 heterocycles. The van der Waals surface area contributed by atoms with E-state index in [1.54, 1.807) is 0 Å². The van der Waals surface area contributed by atoms with Gasteiger partial charge in [0.1, 0.15) is 0 Å². The third-order valence-electron chi connectivity index (χ3n) is 11.9. The lowest BCUT2D eigenvalue weighted by Crippen LogP contribution is -2.09. The summed E-state index contributed by atoms with van der Waals surface area (Å²) in [5, 5.41) is 64.4. The number of hydrogen-bond acceptors (Lipinski definition) is 10. The Hall–Kier alpha value is -8.12. The maximum Gasteiger partial charge on any atom is 0.178 e. The van der Waals surface area contributed by atoms with Crippen LogP contribution in [-0.4, -0.2) is 30.6 Å². The van der Waals surface area contributed by atoms with Gasteiger partial charge in [-0.15, -0.1) is 22.7 Å². The number of aliphatic hydroxyl groups excluding tert-OH is 2. The fraction of sp³-hybridized carbons (Fsp3) is 0.0345. The number of nitrogens with zero attached hydrogens (tertiary/aromatic N) is 2. The van der Waals surface area contributed by atoms with E-state index in [0.717, 1.165) is 90.2 Å². The first-order chi connectivity index (χ1) is 33.3. The normalized spacial score (nSPS) is 11.1. The Balaban J connectivity index is 0.917. The van der Waals surface area contributed by atoms with Crippen molar-refractivity contribution >= 4 is 56.8 Å². The van der Waals surface area contributed by atoms with Crippen molar-refractivity contribution in [2.75, 3.05) is 9.80 Å². The molecule has 0 aliphatic rings. The molecule has 6 N–H and O–H groups in total. The molecule has 10 rings (SSSR count). The van der Waals surface area contributed by atoms with Gasteiger partial charge in [-0.25, -0.2) is 0 Å². The summed E-state index contributed by atoms with van der Waals surface area (Å²) in [6, 6.07) is 67.7. The maximum atomic E-state index is 11.4. The average Bonchev–Trinajstić information content (AvgIpc) is 3.87. The third-order valence-corrected chi connectivity index (χ3v) is 14.5. The van der Waals surface area contributed by atoms with Gasteiger partial charge in [-0.05, 0) is 117 Å². The van der Waals surface area contributed by atoms with Crippen molar-refractivity contribution < 1.29 is 30.6 Å². The number of benzene rings is 8. The van der Waals surface area contributed by atoms with Crippen LogP contribution < -0.4 is 9.80 Å². The van der Waals surface area contributed by atoms with Gasteiger partial charge in [0.25, 0.3) is 0 Å². The maximum absolute atomic E-state index is 11.4. The van der Waals surface area contributed by atoms with Crippen molar-refractivity contribution in [2.24, 2.45) is 0 Å². The van der Waals surface area contributed by atoms with Gasteiger partial charge in [0, 0.05) is 34.1 Å². The fourth-order valence-corrected chi connectivity index (χ4v) is 10.6. The molecule has 0 radical (unpaired) electrons. The van der Waals surface area contributed by atoms with Gasteiger partial charge in [-0.1, -0.05) is 133 Å². The van der Waals surface area contributed by atoms with Crippen LogP contribution in [0.4, 0.5) is 34.1 Å². The molecule has 0 unspecified atom stereocenters. The predicted octanol–water partition coefficient (Wildman–Crippen LogP) is 14.9. The zero-order valence-electron chi connectivity index (χ0n) is 36.4. The summed E-state index contributed by atoms with van der Waals surface area (Å²) in [6.07, 6.45) is 0. The van der Waals surface area contributed by atoms with E-state index in [1.807, 2.05) is 158 Å². The van der Waals surface area contributed by atoms with Crippen molar-refractivity contribution in [3.8, 4) is 75.9 Å². The van der Waals surface area contributed by atoms with Crippen LogP contribution in [0, 0.1) is 0 Å². The monoisotopic (exact) mass is 928 g/mol. The molecule has 0 amide bonds. The molecule has 8 aromatic carbocycles. The van der Waals surface area contributed by atoms with Crippen molar-refractivity contribution in [2.45, 2.75) is 13.2 Å². The summed E-state index contributed by atoms with van der Waals surface area (Å²) in [7, 11) is 0. The second-order valence-electron chi connectivity index (χ2n) is 16.2. The zero-order chi connectivity index (χ0) is 46.7. The highest BCUT2D eigenvalue weighted by Crippen LogP contribution is 2.59. The molecule has 0 saturated heterocycles. The van der Waals surface area contributed by atoms with Gasteiger partial charge in [0.2, 0.25) is 0 Å². The molecular weight excluding hydrogens is 885 g/mol. The highest BCUT2D eigenvalue weighted by molar-refractivity contribution is 7.26. The summed E-state index contributed by atoms with van der Waals surface area (Å²) in [6.45, 7) is -0.00414. The molecule has 0 aliphatic heterocycles. The van der Waals surface area contributed by atoms with E-state index in [0.29, 0.717) is 20.9 Å². The third kappa shape index (κ3) is 8.56. The van der Waals surface area contributed by atoms with Crippen LogP contribution in [0.25, 0.3) is 52.9 Å². The number of hydrogen-bond donors (Lipinski definition) is 6. The molecule has 0 aliphatic carbocycles. The minimum absolute atomic E-state index is 0.00207. The molecule has 0 atom stereocenters. The summed E-state index contributed by atoms with van der Waals surface area (Å²) < 4.78 is 0. The van der Waals surface area contributed by atoms with E-state index < -0.39 is 0 Å². The van der Waals surface area contributed by atoms with Crippen molar-refractivity contribution in [3.05, 3.63) is 217 Å². The lowest BCUT2D eigenvalue weighted by Gasteiger charge is -2.26. The molecular formula is C58H44N2O6S2. The second kappa shape index (κ2) is 19.0. The Morgan fingerprint density at radius 2 is 0.500 bits per heavy atom. The molecule has 8 nitrogen and oxygen atoms in total. The molecule has 10 heteroatoms. The van der Waals surface area contributed by atoms with E-state index in [1.165, 1.54) is 0 Å². The molecule has 2 aromatic heterocycles. The molecule has 68 heavy (non-hydrogen) atoms. The van der Waals surface area contributed by atoms with Gasteiger partial charge < -0.3 is 40.4 Å². The Morgan fingerprint density at radius 1 is 0.265 bits per heavy atom. The minimum atomic E-state index is -0.378. The molecule has 0 fully saturated rings. The number of anilines is 6. The summed E-state index contributed by atoms with van der Waals surface area (Å²) in [4.78, 5) is 5.58. The average molecular weight is 929 g/mol. The Kier molecular flexibility index (Phi) is 12.2. The van der Waals surface area contributed by atoms with Crippen LogP contribution >= 0.6 is 22.7 Å². The highest BCUT2D eigenvalue weighted by atomic mass is 32.1. The van der Waals surface area contributed by atoms with Crippen LogP contribution in [0.3, 0.4) is 0 Å². The van der Waals surface area contributed by atoms with Crippen LogP contribution in [-0.2, 0) is 13.2 Å². The lowest BCUT2D eigenvalue weighted by atomic mass is 10.0. The minimum Gasteiger partial charge on any atom is -0.503 e. The molecule has 10 aromatic rings. The summed E-state index contributed by atoms with van der Waals surface area (Å²) in [5.74, 6) is -1.38. The van der Waals surface area contributed by atoms with Gasteiger partial charge >= 0.3 is 0 Å². The van der Waals surface area contributed by atoms with E-state index >= 15 is 0 Å². The first-order valence-corrected chi connectivity index (χ1v) is 23.5. The summed E-state index contributed by atoms with van der Waals surface area (Å²) >= 11 is 2.26. The quantitative estimate of drug-likeness (QED) is 0.0675. The first-order valence-electron chi connectivity index (χ1n) is 21.9. The van der Waals surface area contributed by atoms with E-state index in [9.17, 15) is 30.6 Å². The number of rotatable bonds is 13. The Morgan fingerprint density at radius 3 is 0.779 bits per heavy atom. The van der Waals surface area contributed by atoms with Crippen molar-refractivity contribution in [1.29, 1.82) is 0 Å². The van der Waals surface area contributed by atoms with E-state index in [-0.39, 0.29) is 46.0 Å². The van der Waals surface area contributed by atoms with Crippen LogP contribution in [0.2, 0.25) is 0 Å². The highest BCUT2D eigenvalue weighted by Gasteiger charge is 2.28. The zero-order valence-corrected chi connectivity index (χ0v) is 38.1. The van der Waals surface area contributed by atoms with Crippen molar-refractivity contribution in [1.82, 2.24) is 0 Å². The Bertz CT molecular complexity index is 3080. The number of thiophene rings is 2. The number of aliphatic hydroxyl groups is 2. The molecule has 334 valence electrons. The van der Waals surface area contributed by atoms with E-state index in [2.05, 4.69) is 58.3 Å². The van der Waals surface area contributed by atoms with Gasteiger partial charge in [0.05, 0.1) is 32.7 Å². The Labute approximate surface area is 401 Å². The van der Waals surface area contributed by atoms with Gasteiger partial charge in [-0.2, -0.15) is 0 Å². The van der Waals surface area contributed by atoms with Crippen molar-refractivity contribution in [3.63, 3.8) is 0 Å². The lowest BCUT2D eigenvalue weighted by molar-refractivity contribution is 0.281. The first kappa shape index (κ1) is 43.8. The predicted molar refractivity (Wildman–Crippen MR) is 277 cm³/mol. The fourth-order valence-electron chi connectivity index (χ4n) is 8.31. The molecule has 0 bridgehead atoms.